The van der Waals surface area contributed by atoms with Crippen molar-refractivity contribution in [2.45, 2.75) is 31.2 Å². The van der Waals surface area contributed by atoms with Gasteiger partial charge in [-0.15, -0.1) is 12.4 Å². The summed E-state index contributed by atoms with van der Waals surface area (Å²) in [5.41, 5.74) is 5.76. The van der Waals surface area contributed by atoms with E-state index in [4.69, 9.17) is 10.5 Å². The van der Waals surface area contributed by atoms with Gasteiger partial charge in [-0.05, 0) is 37.5 Å². The summed E-state index contributed by atoms with van der Waals surface area (Å²) in [5.74, 6) is -0.350. The molecular formula is C15H22ClFN2O2. The molecule has 0 aromatic heterocycles. The molecule has 0 aliphatic carbocycles. The summed E-state index contributed by atoms with van der Waals surface area (Å²) in [6.45, 7) is 3.32. The normalized spacial score (nSPS) is 18.4. The van der Waals surface area contributed by atoms with Gasteiger partial charge in [0.1, 0.15) is 5.82 Å². The number of halogens is 2. The van der Waals surface area contributed by atoms with Crippen LogP contribution in [0.3, 0.4) is 0 Å². The Morgan fingerprint density at radius 3 is 2.48 bits per heavy atom. The first-order valence-electron chi connectivity index (χ1n) is 6.93. The summed E-state index contributed by atoms with van der Waals surface area (Å²) >= 11 is 0. The van der Waals surface area contributed by atoms with Gasteiger partial charge in [0.05, 0.1) is 5.41 Å². The number of benzene rings is 1. The summed E-state index contributed by atoms with van der Waals surface area (Å²) in [7, 11) is 0. The lowest BCUT2D eigenvalue weighted by Gasteiger charge is -2.37. The molecule has 2 rings (SSSR count). The highest BCUT2D eigenvalue weighted by Crippen LogP contribution is 2.35. The van der Waals surface area contributed by atoms with E-state index in [9.17, 15) is 9.18 Å². The van der Waals surface area contributed by atoms with Gasteiger partial charge in [-0.1, -0.05) is 12.1 Å². The summed E-state index contributed by atoms with van der Waals surface area (Å²) in [6.07, 6.45) is 1.20. The minimum Gasteiger partial charge on any atom is -0.381 e. The molecule has 3 N–H and O–H groups in total. The van der Waals surface area contributed by atoms with E-state index in [1.165, 1.54) is 12.1 Å². The van der Waals surface area contributed by atoms with Crippen LogP contribution in [-0.2, 0) is 14.9 Å². The predicted octanol–water partition coefficient (Wildman–Crippen LogP) is 1.76. The van der Waals surface area contributed by atoms with Crippen molar-refractivity contribution >= 4 is 18.3 Å². The average molecular weight is 317 g/mol. The second-order valence-corrected chi connectivity index (χ2v) is 5.31. The van der Waals surface area contributed by atoms with Gasteiger partial charge in [-0.2, -0.15) is 0 Å². The summed E-state index contributed by atoms with van der Waals surface area (Å²) in [6, 6.07) is 6.08. The van der Waals surface area contributed by atoms with Crippen LogP contribution < -0.4 is 11.1 Å². The molecule has 6 heteroatoms. The first-order chi connectivity index (χ1) is 9.58. The minimum atomic E-state index is -0.643. The van der Waals surface area contributed by atoms with Gasteiger partial charge in [0.2, 0.25) is 5.91 Å². The second kappa shape index (κ2) is 7.73. The van der Waals surface area contributed by atoms with Crippen LogP contribution in [0.15, 0.2) is 24.3 Å². The van der Waals surface area contributed by atoms with Crippen LogP contribution in [0.5, 0.6) is 0 Å². The molecule has 0 saturated carbocycles. The van der Waals surface area contributed by atoms with Gasteiger partial charge in [0.25, 0.3) is 0 Å². The van der Waals surface area contributed by atoms with Crippen molar-refractivity contribution in [3.8, 4) is 0 Å². The van der Waals surface area contributed by atoms with Crippen LogP contribution in [0.25, 0.3) is 0 Å². The van der Waals surface area contributed by atoms with Gasteiger partial charge >= 0.3 is 0 Å². The van der Waals surface area contributed by atoms with Crippen molar-refractivity contribution in [1.29, 1.82) is 0 Å². The molecule has 1 saturated heterocycles. The van der Waals surface area contributed by atoms with E-state index in [-0.39, 0.29) is 30.2 Å². The molecule has 0 radical (unpaired) electrons. The zero-order valence-corrected chi connectivity index (χ0v) is 12.9. The number of hydrogen-bond acceptors (Lipinski definition) is 3. The Bertz CT molecular complexity index is 461. The molecule has 1 atom stereocenters. The van der Waals surface area contributed by atoms with E-state index in [1.807, 2.05) is 6.92 Å². The number of nitrogens with one attached hydrogen (secondary N) is 1. The zero-order valence-electron chi connectivity index (χ0n) is 12.1. The number of rotatable bonds is 4. The van der Waals surface area contributed by atoms with Crippen LogP contribution in [0.1, 0.15) is 25.3 Å². The molecule has 21 heavy (non-hydrogen) atoms. The van der Waals surface area contributed by atoms with Gasteiger partial charge in [0, 0.05) is 25.8 Å². The highest BCUT2D eigenvalue weighted by atomic mass is 35.5. The molecule has 1 heterocycles. The van der Waals surface area contributed by atoms with Gasteiger partial charge in [-0.3, -0.25) is 4.79 Å². The first kappa shape index (κ1) is 17.9. The maximum atomic E-state index is 13.1. The third kappa shape index (κ3) is 3.93. The first-order valence-corrected chi connectivity index (χ1v) is 6.93. The number of amides is 1. The fraction of sp³-hybridized carbons (Fsp3) is 0.533. The number of nitrogens with two attached hydrogens (primary N) is 1. The molecule has 1 fully saturated rings. The monoisotopic (exact) mass is 316 g/mol. The molecule has 0 unspecified atom stereocenters. The number of ether oxygens (including phenoxy) is 1. The highest BCUT2D eigenvalue weighted by Gasteiger charge is 2.41. The standard InChI is InChI=1S/C15H21FN2O2.ClH/c1-11(10-17)18-14(19)15(6-8-20-9-7-15)12-2-4-13(16)5-3-12;/h2-5,11H,6-10,17H2,1H3,(H,18,19);1H/t11-;/m0./s1. The minimum absolute atomic E-state index is 0. The second-order valence-electron chi connectivity index (χ2n) is 5.31. The number of carbonyl (C=O) groups excluding carboxylic acids is 1. The highest BCUT2D eigenvalue weighted by molar-refractivity contribution is 5.88. The third-order valence-electron chi connectivity index (χ3n) is 3.91. The fourth-order valence-corrected chi connectivity index (χ4v) is 2.56. The summed E-state index contributed by atoms with van der Waals surface area (Å²) in [4.78, 5) is 12.7. The largest absolute Gasteiger partial charge is 0.381 e. The quantitative estimate of drug-likeness (QED) is 0.889. The van der Waals surface area contributed by atoms with Crippen molar-refractivity contribution in [3.05, 3.63) is 35.6 Å². The SMILES string of the molecule is C[C@@H](CN)NC(=O)C1(c2ccc(F)cc2)CCOCC1.Cl. The summed E-state index contributed by atoms with van der Waals surface area (Å²) < 4.78 is 18.5. The average Bonchev–Trinajstić information content (AvgIpc) is 2.48. The van der Waals surface area contributed by atoms with E-state index in [1.54, 1.807) is 12.1 Å². The smallest absolute Gasteiger partial charge is 0.231 e. The van der Waals surface area contributed by atoms with Crippen LogP contribution in [0.4, 0.5) is 4.39 Å². The van der Waals surface area contributed by atoms with Crippen LogP contribution in [-0.4, -0.2) is 31.7 Å². The third-order valence-corrected chi connectivity index (χ3v) is 3.91. The van der Waals surface area contributed by atoms with E-state index in [0.717, 1.165) is 5.56 Å². The van der Waals surface area contributed by atoms with E-state index < -0.39 is 5.41 Å². The van der Waals surface area contributed by atoms with Gasteiger partial charge in [-0.25, -0.2) is 4.39 Å². The Morgan fingerprint density at radius 2 is 1.95 bits per heavy atom. The molecule has 1 aromatic rings. The molecule has 0 spiro atoms. The fourth-order valence-electron chi connectivity index (χ4n) is 2.56. The summed E-state index contributed by atoms with van der Waals surface area (Å²) in [5, 5.41) is 2.94. The lowest BCUT2D eigenvalue weighted by molar-refractivity contribution is -0.131. The molecule has 118 valence electrons. The van der Waals surface area contributed by atoms with Crippen LogP contribution >= 0.6 is 12.4 Å². The molecule has 1 aromatic carbocycles. The Kier molecular flexibility index (Phi) is 6.58. The van der Waals surface area contributed by atoms with Crippen molar-refractivity contribution in [2.75, 3.05) is 19.8 Å². The van der Waals surface area contributed by atoms with Crippen LogP contribution in [0, 0.1) is 5.82 Å². The maximum absolute atomic E-state index is 13.1. The molecular weight excluding hydrogens is 295 g/mol. The molecule has 1 aliphatic heterocycles. The van der Waals surface area contributed by atoms with E-state index in [0.29, 0.717) is 32.6 Å². The number of hydrogen-bond donors (Lipinski definition) is 2. The van der Waals surface area contributed by atoms with Crippen molar-refractivity contribution < 1.29 is 13.9 Å². The molecule has 0 bridgehead atoms. The van der Waals surface area contributed by atoms with Crippen molar-refractivity contribution in [3.63, 3.8) is 0 Å². The number of carbonyl (C=O) groups is 1. The molecule has 4 nitrogen and oxygen atoms in total. The van der Waals surface area contributed by atoms with Crippen molar-refractivity contribution in [1.82, 2.24) is 5.32 Å². The Labute approximate surface area is 130 Å². The Morgan fingerprint density at radius 1 is 1.38 bits per heavy atom. The van der Waals surface area contributed by atoms with E-state index >= 15 is 0 Å². The predicted molar refractivity (Wildman–Crippen MR) is 82.0 cm³/mol. The van der Waals surface area contributed by atoms with Gasteiger partial charge in [0.15, 0.2) is 0 Å². The van der Waals surface area contributed by atoms with Gasteiger partial charge < -0.3 is 15.8 Å². The topological polar surface area (TPSA) is 64.3 Å². The van der Waals surface area contributed by atoms with Crippen molar-refractivity contribution in [2.24, 2.45) is 5.73 Å². The van der Waals surface area contributed by atoms with Crippen LogP contribution in [0.2, 0.25) is 0 Å². The Hall–Kier alpha value is -1.17. The zero-order chi connectivity index (χ0) is 14.6. The lowest BCUT2D eigenvalue weighted by atomic mass is 9.73. The molecule has 1 aliphatic rings. The van der Waals surface area contributed by atoms with E-state index in [2.05, 4.69) is 5.32 Å². The Balaban J connectivity index is 0.00000220. The maximum Gasteiger partial charge on any atom is 0.231 e. The lowest BCUT2D eigenvalue weighted by Crippen LogP contribution is -2.51. The molecule has 1 amide bonds.